The first kappa shape index (κ1) is 9.96. The Labute approximate surface area is 64.5 Å². The second-order valence-electron chi connectivity index (χ2n) is 3.28. The average Bonchev–Trinajstić information content (AvgIpc) is 1.98. The minimum atomic E-state index is 0.338. The van der Waals surface area contributed by atoms with Crippen molar-refractivity contribution in [3.05, 3.63) is 0 Å². The Morgan fingerprint density at radius 2 is 1.80 bits per heavy atom. The van der Waals surface area contributed by atoms with E-state index in [0.717, 1.165) is 0 Å². The summed E-state index contributed by atoms with van der Waals surface area (Å²) in [6.07, 6.45) is 3.83. The Kier molecular flexibility index (Phi) is 5.70. The van der Waals surface area contributed by atoms with E-state index in [1.54, 1.807) is 0 Å². The van der Waals surface area contributed by atoms with Gasteiger partial charge in [0, 0.05) is 6.61 Å². The first-order chi connectivity index (χ1) is 4.72. The van der Waals surface area contributed by atoms with Crippen LogP contribution < -0.4 is 0 Å². The maximum Gasteiger partial charge on any atom is 0.0459 e. The molecule has 1 heteroatoms. The molecule has 0 aliphatic heterocycles. The van der Waals surface area contributed by atoms with Crippen LogP contribution in [0.25, 0.3) is 0 Å². The molecule has 1 nitrogen and oxygen atoms in total. The van der Waals surface area contributed by atoms with Crippen molar-refractivity contribution in [2.24, 2.45) is 11.8 Å². The lowest BCUT2D eigenvalue weighted by Crippen LogP contribution is -2.11. The smallest absolute Gasteiger partial charge is 0.0459 e. The molecule has 0 aromatic rings. The van der Waals surface area contributed by atoms with Crippen LogP contribution in [-0.2, 0) is 0 Å². The summed E-state index contributed by atoms with van der Waals surface area (Å²) in [5.74, 6) is 1.16. The molecule has 2 atom stereocenters. The summed E-state index contributed by atoms with van der Waals surface area (Å²) >= 11 is 0. The van der Waals surface area contributed by atoms with Gasteiger partial charge in [-0.1, -0.05) is 40.0 Å². The van der Waals surface area contributed by atoms with Crippen molar-refractivity contribution in [1.82, 2.24) is 0 Å². The Bertz CT molecular complexity index is 71.1. The van der Waals surface area contributed by atoms with Gasteiger partial charge in [-0.15, -0.1) is 0 Å². The molecule has 0 amide bonds. The highest BCUT2D eigenvalue weighted by Crippen LogP contribution is 2.16. The fourth-order valence-electron chi connectivity index (χ4n) is 0.991. The number of hydrogen-bond donors (Lipinski definition) is 1. The molecule has 0 aromatic carbocycles. The summed E-state index contributed by atoms with van der Waals surface area (Å²) in [6.45, 7) is 6.87. The van der Waals surface area contributed by atoms with E-state index >= 15 is 0 Å². The van der Waals surface area contributed by atoms with Crippen LogP contribution >= 0.6 is 0 Å². The molecule has 0 aliphatic carbocycles. The normalized spacial score (nSPS) is 16.8. The maximum absolute atomic E-state index is 8.80. The minimum absolute atomic E-state index is 0.338. The van der Waals surface area contributed by atoms with Gasteiger partial charge in [-0.25, -0.2) is 0 Å². The van der Waals surface area contributed by atoms with Crippen LogP contribution in [0, 0.1) is 11.8 Å². The number of unbranched alkanes of at least 4 members (excludes halogenated alkanes) is 1. The van der Waals surface area contributed by atoms with E-state index in [1.807, 2.05) is 0 Å². The third-order valence-corrected chi connectivity index (χ3v) is 2.27. The van der Waals surface area contributed by atoms with Gasteiger partial charge in [-0.2, -0.15) is 0 Å². The van der Waals surface area contributed by atoms with Gasteiger partial charge >= 0.3 is 0 Å². The fourth-order valence-corrected chi connectivity index (χ4v) is 0.991. The van der Waals surface area contributed by atoms with Crippen molar-refractivity contribution in [2.45, 2.75) is 40.0 Å². The molecular formula is C9H20O. The second-order valence-corrected chi connectivity index (χ2v) is 3.28. The number of hydrogen-bond acceptors (Lipinski definition) is 1. The van der Waals surface area contributed by atoms with Gasteiger partial charge in [0.25, 0.3) is 0 Å². The molecule has 0 aromatic heterocycles. The van der Waals surface area contributed by atoms with E-state index in [9.17, 15) is 0 Å². The van der Waals surface area contributed by atoms with E-state index in [4.69, 9.17) is 5.11 Å². The predicted molar refractivity (Wildman–Crippen MR) is 44.9 cm³/mol. The summed E-state index contributed by atoms with van der Waals surface area (Å²) < 4.78 is 0. The van der Waals surface area contributed by atoms with Crippen LogP contribution in [0.2, 0.25) is 0 Å². The van der Waals surface area contributed by atoms with Crippen LogP contribution in [-0.4, -0.2) is 11.7 Å². The molecule has 0 unspecified atom stereocenters. The van der Waals surface area contributed by atoms with Crippen LogP contribution in [0.3, 0.4) is 0 Å². The predicted octanol–water partition coefficient (Wildman–Crippen LogP) is 2.44. The standard InChI is InChI=1S/C9H20O/c1-4-5-6-8(2)9(3)7-10/h8-10H,4-7H2,1-3H3/t8-,9+/m0/s1. The summed E-state index contributed by atoms with van der Waals surface area (Å²) in [7, 11) is 0. The Morgan fingerprint density at radius 1 is 1.20 bits per heavy atom. The van der Waals surface area contributed by atoms with Gasteiger partial charge in [0.15, 0.2) is 0 Å². The average molecular weight is 144 g/mol. The maximum atomic E-state index is 8.80. The van der Waals surface area contributed by atoms with Gasteiger partial charge in [0.1, 0.15) is 0 Å². The number of rotatable bonds is 5. The summed E-state index contributed by atoms with van der Waals surface area (Å²) in [4.78, 5) is 0. The highest BCUT2D eigenvalue weighted by molar-refractivity contribution is 4.59. The number of aliphatic hydroxyl groups is 1. The van der Waals surface area contributed by atoms with Crippen molar-refractivity contribution in [2.75, 3.05) is 6.61 Å². The van der Waals surface area contributed by atoms with Crippen molar-refractivity contribution < 1.29 is 5.11 Å². The van der Waals surface area contributed by atoms with Crippen LogP contribution in [0.1, 0.15) is 40.0 Å². The molecule has 1 N–H and O–H groups in total. The molecule has 0 aliphatic rings. The fraction of sp³-hybridized carbons (Fsp3) is 1.00. The lowest BCUT2D eigenvalue weighted by Gasteiger charge is -2.16. The molecule has 0 rings (SSSR count). The largest absolute Gasteiger partial charge is 0.396 e. The monoisotopic (exact) mass is 144 g/mol. The molecule has 0 bridgehead atoms. The Balaban J connectivity index is 3.31. The second kappa shape index (κ2) is 5.72. The van der Waals surface area contributed by atoms with Crippen molar-refractivity contribution in [1.29, 1.82) is 0 Å². The van der Waals surface area contributed by atoms with Crippen molar-refractivity contribution in [3.63, 3.8) is 0 Å². The zero-order chi connectivity index (χ0) is 7.98. The lowest BCUT2D eigenvalue weighted by molar-refractivity contribution is 0.189. The van der Waals surface area contributed by atoms with Crippen LogP contribution in [0.4, 0.5) is 0 Å². The van der Waals surface area contributed by atoms with E-state index in [1.165, 1.54) is 19.3 Å². The summed E-state index contributed by atoms with van der Waals surface area (Å²) in [6, 6.07) is 0. The molecule has 0 heterocycles. The first-order valence-electron chi connectivity index (χ1n) is 4.33. The van der Waals surface area contributed by atoms with E-state index in [2.05, 4.69) is 20.8 Å². The van der Waals surface area contributed by atoms with Crippen molar-refractivity contribution >= 4 is 0 Å². The molecule has 0 saturated heterocycles. The number of aliphatic hydroxyl groups excluding tert-OH is 1. The molecule has 62 valence electrons. The molecule has 0 fully saturated rings. The molecule has 0 radical (unpaired) electrons. The van der Waals surface area contributed by atoms with Gasteiger partial charge in [0.05, 0.1) is 0 Å². The highest BCUT2D eigenvalue weighted by atomic mass is 16.3. The topological polar surface area (TPSA) is 20.2 Å². The first-order valence-corrected chi connectivity index (χ1v) is 4.33. The van der Waals surface area contributed by atoms with E-state index in [0.29, 0.717) is 18.4 Å². The van der Waals surface area contributed by atoms with E-state index < -0.39 is 0 Å². The molecular weight excluding hydrogens is 124 g/mol. The molecule has 0 saturated carbocycles. The zero-order valence-corrected chi connectivity index (χ0v) is 7.43. The van der Waals surface area contributed by atoms with Crippen molar-refractivity contribution in [3.8, 4) is 0 Å². The Hall–Kier alpha value is -0.0400. The van der Waals surface area contributed by atoms with Crippen LogP contribution in [0.5, 0.6) is 0 Å². The minimum Gasteiger partial charge on any atom is -0.396 e. The highest BCUT2D eigenvalue weighted by Gasteiger charge is 2.09. The SMILES string of the molecule is CCCC[C@H](C)[C@H](C)CO. The van der Waals surface area contributed by atoms with Gasteiger partial charge in [0.2, 0.25) is 0 Å². The lowest BCUT2D eigenvalue weighted by atomic mass is 9.92. The third kappa shape index (κ3) is 3.89. The summed E-state index contributed by atoms with van der Waals surface area (Å²) in [5, 5.41) is 8.80. The third-order valence-electron chi connectivity index (χ3n) is 2.27. The Morgan fingerprint density at radius 3 is 2.20 bits per heavy atom. The van der Waals surface area contributed by atoms with Crippen LogP contribution in [0.15, 0.2) is 0 Å². The van der Waals surface area contributed by atoms with E-state index in [-0.39, 0.29) is 0 Å². The van der Waals surface area contributed by atoms with Gasteiger partial charge in [-0.05, 0) is 11.8 Å². The van der Waals surface area contributed by atoms with Gasteiger partial charge < -0.3 is 5.11 Å². The quantitative estimate of drug-likeness (QED) is 0.628. The zero-order valence-electron chi connectivity index (χ0n) is 7.43. The molecule has 10 heavy (non-hydrogen) atoms. The van der Waals surface area contributed by atoms with Gasteiger partial charge in [-0.3, -0.25) is 0 Å². The molecule has 0 spiro atoms. The summed E-state index contributed by atoms with van der Waals surface area (Å²) in [5.41, 5.74) is 0.